The predicted molar refractivity (Wildman–Crippen MR) is 203 cm³/mol. The molecule has 0 saturated carbocycles. The van der Waals surface area contributed by atoms with Gasteiger partial charge in [-0.2, -0.15) is 0 Å². The molecule has 3 fully saturated rings. The fourth-order valence-electron chi connectivity index (χ4n) is 8.44. The lowest BCUT2D eigenvalue weighted by molar-refractivity contribution is -0.944. The van der Waals surface area contributed by atoms with Crippen LogP contribution >= 0.6 is 11.8 Å². The summed E-state index contributed by atoms with van der Waals surface area (Å²) in [4.78, 5) is 28.4. The number of hydrogen-bond donors (Lipinski definition) is 1. The van der Waals surface area contributed by atoms with E-state index < -0.39 is 5.82 Å². The van der Waals surface area contributed by atoms with Crippen molar-refractivity contribution in [2.75, 3.05) is 33.6 Å². The molecule has 3 aromatic carbocycles. The number of carbonyl (C=O) groups excluding carboxylic acids is 2. The molecule has 1 N–H and O–H groups in total. The fraction of sp³-hybridized carbons (Fsp3) is 0.410. The van der Waals surface area contributed by atoms with Gasteiger partial charge in [0.1, 0.15) is 31.3 Å². The summed E-state index contributed by atoms with van der Waals surface area (Å²) in [7, 11) is 11.2. The highest BCUT2D eigenvalue weighted by Crippen LogP contribution is 2.47. The average Bonchev–Trinajstić information content (AvgIpc) is 3.66. The van der Waals surface area contributed by atoms with Crippen molar-refractivity contribution < 1.29 is 37.4 Å². The van der Waals surface area contributed by atoms with Crippen LogP contribution in [0, 0.1) is 5.82 Å². The zero-order chi connectivity index (χ0) is 38.3. The Hall–Kier alpha value is -5.09. The highest BCUT2D eigenvalue weighted by Gasteiger charge is 2.54. The Bertz CT molecular complexity index is 2100. The van der Waals surface area contributed by atoms with Gasteiger partial charge in [0.25, 0.3) is 13.9 Å². The molecule has 2 amide bonds. The molecule has 4 aliphatic heterocycles. The number of nitrogens with zero attached hydrogens (tertiary/aromatic N) is 6. The predicted octanol–water partition coefficient (Wildman–Crippen LogP) is 4.51. The van der Waals surface area contributed by atoms with Crippen molar-refractivity contribution in [3.05, 3.63) is 94.6 Å². The molecule has 55 heavy (non-hydrogen) atoms. The van der Waals surface area contributed by atoms with Gasteiger partial charge in [-0.05, 0) is 47.5 Å². The van der Waals surface area contributed by atoms with Gasteiger partial charge in [0.15, 0.2) is 17.3 Å². The van der Waals surface area contributed by atoms with Crippen LogP contribution in [-0.4, -0.2) is 106 Å². The largest absolute Gasteiger partial charge is 0.497 e. The van der Waals surface area contributed by atoms with E-state index in [2.05, 4.69) is 27.8 Å². The van der Waals surface area contributed by atoms with Gasteiger partial charge in [0, 0.05) is 48.6 Å². The van der Waals surface area contributed by atoms with Gasteiger partial charge in [-0.15, -0.1) is 22.0 Å². The molecule has 2 bridgehead atoms. The van der Waals surface area contributed by atoms with Crippen molar-refractivity contribution in [2.45, 2.75) is 68.8 Å². The molecular weight excluding hydrogens is 724 g/mol. The maximum Gasteiger partial charge on any atom is 0.298 e. The number of nitrogens with one attached hydrogen (secondary N) is 1. The topological polar surface area (TPSA) is 130 Å². The zero-order valence-electron chi connectivity index (χ0n) is 30.9. The number of hydrogen-bond acceptors (Lipinski definition) is 10. The Morgan fingerprint density at radius 1 is 0.982 bits per heavy atom. The second-order valence-corrected chi connectivity index (χ2v) is 15.9. The van der Waals surface area contributed by atoms with Gasteiger partial charge in [-0.1, -0.05) is 29.5 Å². The number of aromatic nitrogens is 4. The summed E-state index contributed by atoms with van der Waals surface area (Å²) in [6, 6.07) is 17.9. The van der Waals surface area contributed by atoms with E-state index in [-0.39, 0.29) is 65.6 Å². The summed E-state index contributed by atoms with van der Waals surface area (Å²) in [5.41, 5.74) is 3.64. The zero-order valence-corrected chi connectivity index (χ0v) is 31.8. The molecule has 4 aromatic rings. The van der Waals surface area contributed by atoms with Crippen LogP contribution in [0.4, 0.5) is 4.39 Å². The molecule has 4 aliphatic rings. The first-order chi connectivity index (χ1) is 26.6. The monoisotopic (exact) mass is 766 g/mol. The molecule has 8 rings (SSSR count). The van der Waals surface area contributed by atoms with E-state index in [4.69, 9.17) is 26.9 Å². The second-order valence-electron chi connectivity index (χ2n) is 14.7. The molecule has 16 heteroatoms. The minimum absolute atomic E-state index is 0.0488. The van der Waals surface area contributed by atoms with Crippen LogP contribution < -0.4 is 24.3 Å². The van der Waals surface area contributed by atoms with Gasteiger partial charge in [0.05, 0.1) is 50.8 Å². The van der Waals surface area contributed by atoms with Gasteiger partial charge in [-0.25, -0.2) is 9.10 Å². The molecule has 13 nitrogen and oxygen atoms in total. The number of methoxy groups -OCH3 is 2. The number of ether oxygens (including phenoxy) is 4. The normalized spacial score (nSPS) is 24.2. The highest BCUT2D eigenvalue weighted by molar-refractivity contribution is 8.00. The molecular formula is C39H42BFN7O6S+. The summed E-state index contributed by atoms with van der Waals surface area (Å²) in [5, 5.41) is 15.6. The fourth-order valence-corrected chi connectivity index (χ4v) is 9.69. The molecule has 2 radical (unpaired) electrons. The minimum Gasteiger partial charge on any atom is -0.497 e. The van der Waals surface area contributed by atoms with Gasteiger partial charge in [0.2, 0.25) is 11.7 Å². The lowest BCUT2D eigenvalue weighted by Crippen LogP contribution is -2.62. The Morgan fingerprint density at radius 3 is 2.20 bits per heavy atom. The maximum atomic E-state index is 15.9. The average molecular weight is 767 g/mol. The number of fused-ring (bicyclic) bond motifs is 3. The van der Waals surface area contributed by atoms with E-state index in [0.29, 0.717) is 23.7 Å². The third-order valence-electron chi connectivity index (χ3n) is 11.4. The van der Waals surface area contributed by atoms with Crippen LogP contribution in [0.5, 0.6) is 23.0 Å². The second kappa shape index (κ2) is 15.2. The summed E-state index contributed by atoms with van der Waals surface area (Å²) in [6.07, 6.45) is 4.07. The van der Waals surface area contributed by atoms with Crippen LogP contribution in [0.15, 0.2) is 66.2 Å². The maximum absolute atomic E-state index is 15.9. The molecule has 0 aliphatic carbocycles. The first-order valence-corrected chi connectivity index (χ1v) is 19.4. The van der Waals surface area contributed by atoms with Crippen LogP contribution in [-0.2, 0) is 18.0 Å². The van der Waals surface area contributed by atoms with Crippen LogP contribution in [0.1, 0.15) is 59.4 Å². The van der Waals surface area contributed by atoms with Crippen molar-refractivity contribution in [3.8, 4) is 23.0 Å². The number of thioether (sulfide) groups is 1. The molecule has 3 saturated heterocycles. The summed E-state index contributed by atoms with van der Waals surface area (Å²) in [5.74, 6) is 1.58. The number of amides is 2. The smallest absolute Gasteiger partial charge is 0.298 e. The number of β-lactam (4-membered cyclic amide) rings is 1. The number of rotatable bonds is 13. The SMILES string of the molecule is [B]n1nnc(C2=C(C[N+]3(C)[C@@H]4CC[C@H]3CC(NC(=O)c3cc(F)c(OCc5ccc(OC)cc5)c(OCc5ccc(OC)cc5)c3)C4)CS[C@@H]3CC(=O)N23)n1. The van der Waals surface area contributed by atoms with E-state index in [0.717, 1.165) is 69.6 Å². The Balaban J connectivity index is 0.985. The first-order valence-electron chi connectivity index (χ1n) is 18.3. The van der Waals surface area contributed by atoms with E-state index in [9.17, 15) is 9.59 Å². The van der Waals surface area contributed by atoms with Crippen molar-refractivity contribution in [1.29, 1.82) is 0 Å². The van der Waals surface area contributed by atoms with E-state index in [1.165, 1.54) is 6.07 Å². The molecule has 284 valence electrons. The molecule has 5 atom stereocenters. The Kier molecular flexibility index (Phi) is 10.2. The molecule has 5 heterocycles. The first kappa shape index (κ1) is 36.9. The number of likely N-dealkylation sites (N-methyl/N-ethyl adjacent to an activating group) is 1. The van der Waals surface area contributed by atoms with Crippen molar-refractivity contribution in [2.24, 2.45) is 0 Å². The number of tetrazole rings is 1. The number of halogens is 1. The van der Waals surface area contributed by atoms with Gasteiger partial charge < -0.3 is 28.7 Å². The number of piperidine rings is 1. The van der Waals surface area contributed by atoms with E-state index in [1.807, 2.05) is 48.5 Å². The molecule has 0 spiro atoms. The van der Waals surface area contributed by atoms with Crippen LogP contribution in [0.25, 0.3) is 5.70 Å². The summed E-state index contributed by atoms with van der Waals surface area (Å²) in [6.45, 7) is 0.939. The Morgan fingerprint density at radius 2 is 1.62 bits per heavy atom. The van der Waals surface area contributed by atoms with Crippen molar-refractivity contribution in [1.82, 2.24) is 30.3 Å². The third-order valence-corrected chi connectivity index (χ3v) is 12.7. The highest BCUT2D eigenvalue weighted by atomic mass is 32.2. The minimum atomic E-state index is -0.694. The lowest BCUT2D eigenvalue weighted by Gasteiger charge is -2.50. The third kappa shape index (κ3) is 7.36. The number of quaternary nitrogens is 1. The van der Waals surface area contributed by atoms with Crippen LogP contribution in [0.3, 0.4) is 0 Å². The van der Waals surface area contributed by atoms with E-state index in [1.54, 1.807) is 36.9 Å². The number of carbonyl (C=O) groups is 2. The van der Waals surface area contributed by atoms with Gasteiger partial charge in [-0.3, -0.25) is 14.5 Å². The summed E-state index contributed by atoms with van der Waals surface area (Å²) >= 11 is 1.76. The van der Waals surface area contributed by atoms with E-state index >= 15 is 4.39 Å². The standard InChI is InChI=1S/C39H41BFN7O6S/c1-48(19-26-22-55-35-18-34(49)46(35)36(26)38-43-45-47(40)44-38)28-8-9-29(48)17-27(16-28)42-39(50)25-14-32(41)37(54-21-24-6-12-31(52-3)13-7-24)33(15-25)53-20-23-4-10-30(51-2)11-5-23/h4-7,10-15,27-29,35H,8-9,16-22H2,1-3H3/p+1/t27?,28-,29+,35-,48?/m1/s1. The summed E-state index contributed by atoms with van der Waals surface area (Å²) < 4.78 is 40.3. The van der Waals surface area contributed by atoms with Gasteiger partial charge >= 0.3 is 0 Å². The molecule has 2 unspecified atom stereocenters. The lowest BCUT2D eigenvalue weighted by atomic mass is 9.93. The number of benzene rings is 3. The van der Waals surface area contributed by atoms with Crippen molar-refractivity contribution in [3.63, 3.8) is 0 Å². The Labute approximate surface area is 324 Å². The molecule has 1 aromatic heterocycles. The van der Waals surface area contributed by atoms with Crippen LogP contribution in [0.2, 0.25) is 0 Å². The quantitative estimate of drug-likeness (QED) is 0.118. The van der Waals surface area contributed by atoms with Crippen molar-refractivity contribution >= 4 is 37.3 Å².